The highest BCUT2D eigenvalue weighted by atomic mass is 15.1. The first kappa shape index (κ1) is 13.6. The highest BCUT2D eigenvalue weighted by molar-refractivity contribution is 5.22. The Balaban J connectivity index is 1.91. The maximum atomic E-state index is 6.03. The maximum absolute atomic E-state index is 6.03. The Bertz CT molecular complexity index is 356. The number of likely N-dealkylation sites (tertiary alicyclic amines) is 1. The molecule has 1 aliphatic rings. The number of rotatable bonds is 4. The van der Waals surface area contributed by atoms with Gasteiger partial charge >= 0.3 is 0 Å². The van der Waals surface area contributed by atoms with Crippen molar-refractivity contribution in [3.63, 3.8) is 0 Å². The number of nitrogens with zero attached hydrogens (tertiary/aromatic N) is 1. The van der Waals surface area contributed by atoms with Gasteiger partial charge in [0.25, 0.3) is 0 Å². The molecule has 0 radical (unpaired) electrons. The van der Waals surface area contributed by atoms with Crippen LogP contribution in [0.3, 0.4) is 0 Å². The van der Waals surface area contributed by atoms with Crippen LogP contribution in [0.25, 0.3) is 0 Å². The summed E-state index contributed by atoms with van der Waals surface area (Å²) in [7, 11) is 0. The number of piperidine rings is 1. The Labute approximate surface area is 111 Å². The molecule has 2 atom stereocenters. The van der Waals surface area contributed by atoms with Crippen molar-refractivity contribution in [3.05, 3.63) is 35.4 Å². The monoisotopic (exact) mass is 246 g/mol. The average molecular weight is 246 g/mol. The lowest BCUT2D eigenvalue weighted by atomic mass is 9.92. The van der Waals surface area contributed by atoms with Gasteiger partial charge in [0, 0.05) is 19.1 Å². The third-order valence-corrected chi connectivity index (χ3v) is 4.12. The predicted molar refractivity (Wildman–Crippen MR) is 77.5 cm³/mol. The fourth-order valence-corrected chi connectivity index (χ4v) is 2.80. The Morgan fingerprint density at radius 3 is 2.56 bits per heavy atom. The van der Waals surface area contributed by atoms with E-state index in [2.05, 4.69) is 43.0 Å². The van der Waals surface area contributed by atoms with Crippen LogP contribution in [0.15, 0.2) is 24.3 Å². The molecule has 0 aliphatic carbocycles. The summed E-state index contributed by atoms with van der Waals surface area (Å²) in [6, 6.07) is 9.38. The Hall–Kier alpha value is -0.860. The van der Waals surface area contributed by atoms with Crippen LogP contribution in [-0.4, -0.2) is 24.0 Å². The van der Waals surface area contributed by atoms with Crippen LogP contribution < -0.4 is 5.73 Å². The van der Waals surface area contributed by atoms with Gasteiger partial charge in [-0.3, -0.25) is 4.90 Å². The predicted octanol–water partition coefficient (Wildman–Crippen LogP) is 2.81. The Morgan fingerprint density at radius 1 is 1.28 bits per heavy atom. The van der Waals surface area contributed by atoms with Crippen molar-refractivity contribution < 1.29 is 0 Å². The molecule has 100 valence electrons. The quantitative estimate of drug-likeness (QED) is 0.885. The van der Waals surface area contributed by atoms with Gasteiger partial charge in [-0.05, 0) is 49.8 Å². The standard InChI is InChI=1S/C16H26N2/c1-3-14-6-8-15(9-7-14)11-18-10-4-5-16(12-18)13(2)17/h6-9,13,16H,3-5,10-12,17H2,1-2H3. The van der Waals surface area contributed by atoms with Crippen LogP contribution in [0.4, 0.5) is 0 Å². The van der Waals surface area contributed by atoms with Gasteiger partial charge in [-0.1, -0.05) is 31.2 Å². The normalized spacial score (nSPS) is 22.9. The van der Waals surface area contributed by atoms with E-state index < -0.39 is 0 Å². The summed E-state index contributed by atoms with van der Waals surface area (Å²) in [4.78, 5) is 2.55. The first-order chi connectivity index (χ1) is 8.69. The van der Waals surface area contributed by atoms with Crippen LogP contribution >= 0.6 is 0 Å². The molecular formula is C16H26N2. The second kappa shape index (κ2) is 6.35. The van der Waals surface area contributed by atoms with E-state index in [-0.39, 0.29) is 0 Å². The minimum Gasteiger partial charge on any atom is -0.328 e. The summed E-state index contributed by atoms with van der Waals surface area (Å²) in [5, 5.41) is 0. The molecule has 0 amide bonds. The smallest absolute Gasteiger partial charge is 0.0233 e. The fourth-order valence-electron chi connectivity index (χ4n) is 2.80. The topological polar surface area (TPSA) is 29.3 Å². The average Bonchev–Trinajstić information content (AvgIpc) is 2.40. The van der Waals surface area contributed by atoms with Crippen molar-refractivity contribution in [2.45, 2.75) is 45.7 Å². The minimum atomic E-state index is 0.329. The van der Waals surface area contributed by atoms with E-state index in [1.54, 1.807) is 0 Å². The molecule has 0 spiro atoms. The van der Waals surface area contributed by atoms with Gasteiger partial charge < -0.3 is 5.73 Å². The van der Waals surface area contributed by atoms with Crippen molar-refractivity contribution in [2.24, 2.45) is 11.7 Å². The van der Waals surface area contributed by atoms with E-state index in [1.807, 2.05) is 0 Å². The van der Waals surface area contributed by atoms with Gasteiger partial charge in [-0.25, -0.2) is 0 Å². The zero-order valence-electron chi connectivity index (χ0n) is 11.7. The Morgan fingerprint density at radius 2 is 1.94 bits per heavy atom. The minimum absolute atomic E-state index is 0.329. The molecule has 2 rings (SSSR count). The summed E-state index contributed by atoms with van der Waals surface area (Å²) < 4.78 is 0. The summed E-state index contributed by atoms with van der Waals surface area (Å²) >= 11 is 0. The van der Waals surface area contributed by atoms with Crippen LogP contribution in [-0.2, 0) is 13.0 Å². The van der Waals surface area contributed by atoms with Crippen LogP contribution in [0, 0.1) is 5.92 Å². The molecule has 1 saturated heterocycles. The summed E-state index contributed by atoms with van der Waals surface area (Å²) in [5.74, 6) is 0.675. The molecule has 2 N–H and O–H groups in total. The first-order valence-electron chi connectivity index (χ1n) is 7.24. The van der Waals surface area contributed by atoms with E-state index in [4.69, 9.17) is 5.73 Å². The third-order valence-electron chi connectivity index (χ3n) is 4.12. The first-order valence-corrected chi connectivity index (χ1v) is 7.24. The summed E-state index contributed by atoms with van der Waals surface area (Å²) in [5.41, 5.74) is 8.88. The number of nitrogens with two attached hydrogens (primary N) is 1. The second-order valence-electron chi connectivity index (χ2n) is 5.67. The molecule has 0 aromatic heterocycles. The lowest BCUT2D eigenvalue weighted by Gasteiger charge is -2.34. The van der Waals surface area contributed by atoms with E-state index >= 15 is 0 Å². The molecule has 0 saturated carbocycles. The molecule has 1 aliphatic heterocycles. The van der Waals surface area contributed by atoms with Gasteiger partial charge in [0.1, 0.15) is 0 Å². The highest BCUT2D eigenvalue weighted by Gasteiger charge is 2.22. The van der Waals surface area contributed by atoms with E-state index in [0.29, 0.717) is 12.0 Å². The molecule has 18 heavy (non-hydrogen) atoms. The van der Waals surface area contributed by atoms with Crippen LogP contribution in [0.1, 0.15) is 37.8 Å². The van der Waals surface area contributed by atoms with Crippen LogP contribution in [0.5, 0.6) is 0 Å². The molecule has 1 fully saturated rings. The van der Waals surface area contributed by atoms with Gasteiger partial charge in [0.05, 0.1) is 0 Å². The van der Waals surface area contributed by atoms with Crippen molar-refractivity contribution in [2.75, 3.05) is 13.1 Å². The van der Waals surface area contributed by atoms with E-state index in [0.717, 1.165) is 19.5 Å². The summed E-state index contributed by atoms with van der Waals surface area (Å²) in [6.07, 6.45) is 3.71. The lowest BCUT2D eigenvalue weighted by molar-refractivity contribution is 0.154. The third kappa shape index (κ3) is 3.56. The maximum Gasteiger partial charge on any atom is 0.0233 e. The highest BCUT2D eigenvalue weighted by Crippen LogP contribution is 2.20. The lowest BCUT2D eigenvalue weighted by Crippen LogP contribution is -2.41. The molecule has 1 heterocycles. The number of hydrogen-bond acceptors (Lipinski definition) is 2. The van der Waals surface area contributed by atoms with E-state index in [9.17, 15) is 0 Å². The molecule has 1 aromatic carbocycles. The second-order valence-corrected chi connectivity index (χ2v) is 5.67. The largest absolute Gasteiger partial charge is 0.328 e. The van der Waals surface area contributed by atoms with Gasteiger partial charge in [0.15, 0.2) is 0 Å². The zero-order valence-corrected chi connectivity index (χ0v) is 11.7. The van der Waals surface area contributed by atoms with Crippen molar-refractivity contribution in [1.29, 1.82) is 0 Å². The van der Waals surface area contributed by atoms with Crippen molar-refractivity contribution >= 4 is 0 Å². The molecule has 2 nitrogen and oxygen atoms in total. The van der Waals surface area contributed by atoms with Crippen molar-refractivity contribution in [1.82, 2.24) is 4.90 Å². The number of benzene rings is 1. The SMILES string of the molecule is CCc1ccc(CN2CCCC(C(C)N)C2)cc1. The molecule has 1 aromatic rings. The zero-order chi connectivity index (χ0) is 13.0. The molecule has 0 bridgehead atoms. The molecule has 2 heteroatoms. The van der Waals surface area contributed by atoms with Gasteiger partial charge in [0.2, 0.25) is 0 Å². The van der Waals surface area contributed by atoms with E-state index in [1.165, 1.54) is 30.5 Å². The molecular weight excluding hydrogens is 220 g/mol. The van der Waals surface area contributed by atoms with Gasteiger partial charge in [-0.15, -0.1) is 0 Å². The summed E-state index contributed by atoms with van der Waals surface area (Å²) in [6.45, 7) is 7.80. The number of hydrogen-bond donors (Lipinski definition) is 1. The fraction of sp³-hybridized carbons (Fsp3) is 0.625. The molecule has 2 unspecified atom stereocenters. The van der Waals surface area contributed by atoms with Gasteiger partial charge in [-0.2, -0.15) is 0 Å². The van der Waals surface area contributed by atoms with Crippen molar-refractivity contribution in [3.8, 4) is 0 Å². The Kier molecular flexibility index (Phi) is 4.79. The van der Waals surface area contributed by atoms with Crippen LogP contribution in [0.2, 0.25) is 0 Å². The number of aryl methyl sites for hydroxylation is 1.